The molecule has 2 N–H and O–H groups in total. The minimum Gasteiger partial charge on any atom is -0.379 e. The zero-order valence-corrected chi connectivity index (χ0v) is 12.0. The Balaban J connectivity index is 1.64. The van der Waals surface area contributed by atoms with E-state index >= 15 is 0 Å². The maximum Gasteiger partial charge on any atom is 0.256 e. The number of likely N-dealkylation sites (tertiary alicyclic amines) is 1. The van der Waals surface area contributed by atoms with Crippen molar-refractivity contribution in [2.45, 2.75) is 43.9 Å². The predicted molar refractivity (Wildman–Crippen MR) is 77.0 cm³/mol. The number of benzene rings is 1. The van der Waals surface area contributed by atoms with E-state index in [9.17, 15) is 14.3 Å². The van der Waals surface area contributed by atoms with Crippen LogP contribution in [-0.2, 0) is 11.3 Å². The van der Waals surface area contributed by atoms with Crippen molar-refractivity contribution in [1.82, 2.24) is 10.2 Å². The summed E-state index contributed by atoms with van der Waals surface area (Å²) in [6, 6.07) is 6.61. The number of carbonyl (C=O) groups excluding carboxylic acids is 1. The standard InChI is InChI=1S/C16H21FN2O2/c17-13-4-2-12(3-5-13)10-19-9-1-8-16(21,15(19)20)11-18-14-6-7-14/h2-5,14,18,21H,1,6-11H2/t16-/m0/s1. The molecule has 1 aromatic rings. The van der Waals surface area contributed by atoms with Gasteiger partial charge in [-0.15, -0.1) is 0 Å². The van der Waals surface area contributed by atoms with Crippen molar-refractivity contribution >= 4 is 5.91 Å². The number of amides is 1. The van der Waals surface area contributed by atoms with Gasteiger partial charge in [-0.2, -0.15) is 0 Å². The molecule has 4 nitrogen and oxygen atoms in total. The van der Waals surface area contributed by atoms with Crippen molar-refractivity contribution in [2.75, 3.05) is 13.1 Å². The molecule has 0 aromatic heterocycles. The fourth-order valence-corrected chi connectivity index (χ4v) is 2.79. The van der Waals surface area contributed by atoms with Gasteiger partial charge in [0.2, 0.25) is 0 Å². The minimum absolute atomic E-state index is 0.216. The Hall–Kier alpha value is -1.46. The molecule has 0 spiro atoms. The first-order valence-electron chi connectivity index (χ1n) is 7.56. The smallest absolute Gasteiger partial charge is 0.256 e. The lowest BCUT2D eigenvalue weighted by Crippen LogP contribution is -2.57. The molecule has 3 rings (SSSR count). The van der Waals surface area contributed by atoms with Crippen LogP contribution >= 0.6 is 0 Å². The van der Waals surface area contributed by atoms with Crippen molar-refractivity contribution in [1.29, 1.82) is 0 Å². The summed E-state index contributed by atoms with van der Waals surface area (Å²) < 4.78 is 12.9. The number of carbonyl (C=O) groups is 1. The van der Waals surface area contributed by atoms with Crippen LogP contribution in [0.4, 0.5) is 4.39 Å². The number of halogens is 1. The summed E-state index contributed by atoms with van der Waals surface area (Å²) in [5.74, 6) is -0.500. The van der Waals surface area contributed by atoms with E-state index in [0.29, 0.717) is 32.1 Å². The summed E-state index contributed by atoms with van der Waals surface area (Å²) in [6.07, 6.45) is 3.55. The van der Waals surface area contributed by atoms with Crippen molar-refractivity contribution in [3.8, 4) is 0 Å². The zero-order valence-electron chi connectivity index (χ0n) is 12.0. The molecule has 5 heteroatoms. The first-order chi connectivity index (χ1) is 10.1. The molecule has 1 heterocycles. The number of piperidine rings is 1. The Morgan fingerprint density at radius 2 is 2.05 bits per heavy atom. The second-order valence-electron chi connectivity index (χ2n) is 6.14. The summed E-state index contributed by atoms with van der Waals surface area (Å²) in [4.78, 5) is 14.2. The van der Waals surface area contributed by atoms with E-state index in [1.807, 2.05) is 0 Å². The van der Waals surface area contributed by atoms with Gasteiger partial charge in [0.05, 0.1) is 0 Å². The number of hydrogen-bond acceptors (Lipinski definition) is 3. The molecular weight excluding hydrogens is 271 g/mol. The molecule has 1 aliphatic heterocycles. The van der Waals surface area contributed by atoms with Crippen LogP contribution < -0.4 is 5.32 Å². The molecule has 1 saturated heterocycles. The predicted octanol–water partition coefficient (Wildman–Crippen LogP) is 1.43. The maximum atomic E-state index is 12.9. The average Bonchev–Trinajstić information content (AvgIpc) is 3.29. The van der Waals surface area contributed by atoms with Crippen LogP contribution in [0.25, 0.3) is 0 Å². The quantitative estimate of drug-likeness (QED) is 0.863. The van der Waals surface area contributed by atoms with Crippen LogP contribution in [0.1, 0.15) is 31.2 Å². The number of rotatable bonds is 5. The minimum atomic E-state index is -1.29. The lowest BCUT2D eigenvalue weighted by Gasteiger charge is -2.38. The molecule has 2 fully saturated rings. The summed E-state index contributed by atoms with van der Waals surface area (Å²) >= 11 is 0. The van der Waals surface area contributed by atoms with Gasteiger partial charge in [0.1, 0.15) is 5.82 Å². The largest absolute Gasteiger partial charge is 0.379 e. The third-order valence-electron chi connectivity index (χ3n) is 4.25. The topological polar surface area (TPSA) is 52.6 Å². The Morgan fingerprint density at radius 1 is 1.33 bits per heavy atom. The highest BCUT2D eigenvalue weighted by Gasteiger charge is 2.42. The van der Waals surface area contributed by atoms with Gasteiger partial charge in [-0.25, -0.2) is 4.39 Å². The molecule has 0 bridgehead atoms. The molecule has 2 aliphatic rings. The second-order valence-corrected chi connectivity index (χ2v) is 6.14. The lowest BCUT2D eigenvalue weighted by atomic mass is 9.91. The van der Waals surface area contributed by atoms with Gasteiger partial charge in [0, 0.05) is 25.7 Å². The van der Waals surface area contributed by atoms with E-state index in [4.69, 9.17) is 0 Å². The maximum absolute atomic E-state index is 12.9. The summed E-state index contributed by atoms with van der Waals surface area (Å²) in [5.41, 5.74) is -0.412. The summed E-state index contributed by atoms with van der Waals surface area (Å²) in [5, 5.41) is 13.8. The molecular formula is C16H21FN2O2. The fraction of sp³-hybridized carbons (Fsp3) is 0.562. The van der Waals surface area contributed by atoms with Crippen LogP contribution in [0.2, 0.25) is 0 Å². The van der Waals surface area contributed by atoms with E-state index in [1.54, 1.807) is 17.0 Å². The number of hydrogen-bond donors (Lipinski definition) is 2. The SMILES string of the molecule is O=C1N(Cc2ccc(F)cc2)CCC[C@]1(O)CNC1CC1. The van der Waals surface area contributed by atoms with Gasteiger partial charge in [0.25, 0.3) is 5.91 Å². The Kier molecular flexibility index (Phi) is 3.95. The molecule has 21 heavy (non-hydrogen) atoms. The highest BCUT2D eigenvalue weighted by atomic mass is 19.1. The van der Waals surface area contributed by atoms with Crippen LogP contribution in [-0.4, -0.2) is 40.6 Å². The Morgan fingerprint density at radius 3 is 2.71 bits per heavy atom. The molecule has 1 saturated carbocycles. The van der Waals surface area contributed by atoms with E-state index in [2.05, 4.69) is 5.32 Å². The lowest BCUT2D eigenvalue weighted by molar-refractivity contribution is -0.157. The highest BCUT2D eigenvalue weighted by Crippen LogP contribution is 2.26. The van der Waals surface area contributed by atoms with E-state index in [1.165, 1.54) is 12.1 Å². The number of nitrogens with zero attached hydrogens (tertiary/aromatic N) is 1. The van der Waals surface area contributed by atoms with Crippen LogP contribution in [0.3, 0.4) is 0 Å². The van der Waals surface area contributed by atoms with Gasteiger partial charge in [-0.1, -0.05) is 12.1 Å². The van der Waals surface area contributed by atoms with Crippen molar-refractivity contribution in [2.24, 2.45) is 0 Å². The molecule has 1 aliphatic carbocycles. The van der Waals surface area contributed by atoms with Gasteiger partial charge in [-0.3, -0.25) is 4.79 Å². The first-order valence-corrected chi connectivity index (χ1v) is 7.56. The molecule has 1 amide bonds. The molecule has 114 valence electrons. The van der Waals surface area contributed by atoms with Crippen molar-refractivity contribution < 1.29 is 14.3 Å². The normalized spacial score (nSPS) is 26.2. The van der Waals surface area contributed by atoms with Crippen molar-refractivity contribution in [3.63, 3.8) is 0 Å². The molecule has 1 aromatic carbocycles. The van der Waals surface area contributed by atoms with Crippen LogP contribution in [0, 0.1) is 5.82 Å². The summed E-state index contributed by atoms with van der Waals surface area (Å²) in [7, 11) is 0. The Labute approximate surface area is 124 Å². The van der Waals surface area contributed by atoms with Gasteiger partial charge in [0.15, 0.2) is 5.60 Å². The molecule has 0 radical (unpaired) electrons. The molecule has 0 unspecified atom stereocenters. The van der Waals surface area contributed by atoms with Gasteiger partial charge < -0.3 is 15.3 Å². The van der Waals surface area contributed by atoms with Crippen molar-refractivity contribution in [3.05, 3.63) is 35.6 Å². The monoisotopic (exact) mass is 292 g/mol. The third kappa shape index (κ3) is 3.41. The number of aliphatic hydroxyl groups is 1. The highest BCUT2D eigenvalue weighted by molar-refractivity contribution is 5.86. The van der Waals surface area contributed by atoms with Crippen LogP contribution in [0.15, 0.2) is 24.3 Å². The Bertz CT molecular complexity index is 516. The number of nitrogens with one attached hydrogen (secondary N) is 1. The van der Waals surface area contributed by atoms with Gasteiger partial charge >= 0.3 is 0 Å². The first kappa shape index (κ1) is 14.5. The average molecular weight is 292 g/mol. The zero-order chi connectivity index (χ0) is 14.9. The van der Waals surface area contributed by atoms with Crippen LogP contribution in [0.5, 0.6) is 0 Å². The third-order valence-corrected chi connectivity index (χ3v) is 4.25. The van der Waals surface area contributed by atoms with Gasteiger partial charge in [-0.05, 0) is 43.4 Å². The summed E-state index contributed by atoms with van der Waals surface area (Å²) in [6.45, 7) is 1.39. The van der Waals surface area contributed by atoms with E-state index < -0.39 is 5.60 Å². The van der Waals surface area contributed by atoms with E-state index in [0.717, 1.165) is 24.8 Å². The molecule has 1 atom stereocenters. The second kappa shape index (κ2) is 5.73. The van der Waals surface area contributed by atoms with E-state index in [-0.39, 0.29) is 11.7 Å². The fourth-order valence-electron chi connectivity index (χ4n) is 2.79.